The number of anilines is 1. The highest BCUT2D eigenvalue weighted by Crippen LogP contribution is 2.32. The molecule has 0 heterocycles. The molecule has 1 aromatic carbocycles. The number of nitrogen functional groups attached to an aromatic ring is 1. The molecule has 2 rings (SSSR count). The van der Waals surface area contributed by atoms with Gasteiger partial charge in [0.05, 0.1) is 0 Å². The Kier molecular flexibility index (Phi) is 4.82. The van der Waals surface area contributed by atoms with E-state index < -0.39 is 0 Å². The van der Waals surface area contributed by atoms with Crippen LogP contribution in [0.2, 0.25) is 0 Å². The van der Waals surface area contributed by atoms with Crippen LogP contribution in [0.15, 0.2) is 24.3 Å². The highest BCUT2D eigenvalue weighted by Gasteiger charge is 2.22. The van der Waals surface area contributed by atoms with Crippen LogP contribution in [0.3, 0.4) is 0 Å². The van der Waals surface area contributed by atoms with Crippen LogP contribution in [0.25, 0.3) is 0 Å². The van der Waals surface area contributed by atoms with Gasteiger partial charge < -0.3 is 10.6 Å². The Hall–Kier alpha value is -1.22. The average molecular weight is 255 g/mol. The molecule has 2 N–H and O–H groups in total. The molecule has 4 heteroatoms. The summed E-state index contributed by atoms with van der Waals surface area (Å²) >= 11 is 0. The molecule has 1 aliphatic rings. The molecule has 0 aromatic heterocycles. The number of halogens is 1. The van der Waals surface area contributed by atoms with Crippen molar-refractivity contribution in [2.45, 2.75) is 19.3 Å². The first-order chi connectivity index (χ1) is 7.66. The van der Waals surface area contributed by atoms with Gasteiger partial charge in [0.2, 0.25) is 0 Å². The van der Waals surface area contributed by atoms with Gasteiger partial charge in [-0.1, -0.05) is 18.9 Å². The van der Waals surface area contributed by atoms with Crippen LogP contribution in [0.5, 0.6) is 0 Å². The van der Waals surface area contributed by atoms with Gasteiger partial charge in [-0.15, -0.1) is 12.4 Å². The maximum absolute atomic E-state index is 12.0. The second kappa shape index (κ2) is 5.92. The number of benzene rings is 1. The van der Waals surface area contributed by atoms with Crippen molar-refractivity contribution in [3.05, 3.63) is 29.8 Å². The molecule has 0 radical (unpaired) electrons. The van der Waals surface area contributed by atoms with Crippen LogP contribution >= 0.6 is 12.4 Å². The highest BCUT2D eigenvalue weighted by molar-refractivity contribution is 5.94. The Bertz CT molecular complexity index is 391. The van der Waals surface area contributed by atoms with E-state index in [1.54, 1.807) is 17.0 Å². The first-order valence-electron chi connectivity index (χ1n) is 5.78. The van der Waals surface area contributed by atoms with Gasteiger partial charge in [-0.05, 0) is 30.5 Å². The molecule has 0 bridgehead atoms. The number of hydrogen-bond acceptors (Lipinski definition) is 2. The highest BCUT2D eigenvalue weighted by atomic mass is 35.5. The second-order valence-corrected chi connectivity index (χ2v) is 4.58. The lowest BCUT2D eigenvalue weighted by molar-refractivity contribution is 0.0791. The predicted molar refractivity (Wildman–Crippen MR) is 72.4 cm³/mol. The molecule has 0 spiro atoms. The quantitative estimate of drug-likeness (QED) is 0.840. The van der Waals surface area contributed by atoms with E-state index >= 15 is 0 Å². The van der Waals surface area contributed by atoms with Crippen LogP contribution in [0.4, 0.5) is 5.69 Å². The van der Waals surface area contributed by atoms with Gasteiger partial charge in [-0.25, -0.2) is 0 Å². The number of nitrogens with two attached hydrogens (primary N) is 1. The summed E-state index contributed by atoms with van der Waals surface area (Å²) in [6.07, 6.45) is 3.80. The van der Waals surface area contributed by atoms with Gasteiger partial charge in [0.15, 0.2) is 0 Å². The van der Waals surface area contributed by atoms with E-state index in [4.69, 9.17) is 5.73 Å². The van der Waals surface area contributed by atoms with Crippen LogP contribution in [0, 0.1) is 5.92 Å². The molecule has 17 heavy (non-hydrogen) atoms. The molecular formula is C13H19ClN2O. The summed E-state index contributed by atoms with van der Waals surface area (Å²) in [7, 11) is 1.86. The van der Waals surface area contributed by atoms with Gasteiger partial charge in [0.1, 0.15) is 0 Å². The van der Waals surface area contributed by atoms with Crippen LogP contribution in [-0.4, -0.2) is 24.4 Å². The summed E-state index contributed by atoms with van der Waals surface area (Å²) in [5, 5.41) is 0. The molecule has 1 aliphatic carbocycles. The molecule has 94 valence electrons. The van der Waals surface area contributed by atoms with E-state index in [1.165, 1.54) is 12.8 Å². The third kappa shape index (κ3) is 3.93. The first kappa shape index (κ1) is 13.8. The van der Waals surface area contributed by atoms with E-state index in [-0.39, 0.29) is 18.3 Å². The standard InChI is InChI=1S/C13H18N2O.ClH/c1-15(8-7-10-5-6-10)13(16)11-3-2-4-12(14)9-11;/h2-4,9-10H,5-8,14H2,1H3;1H. The van der Waals surface area contributed by atoms with Crippen molar-refractivity contribution in [2.75, 3.05) is 19.3 Å². The summed E-state index contributed by atoms with van der Waals surface area (Å²) in [5.74, 6) is 0.920. The fraction of sp³-hybridized carbons (Fsp3) is 0.462. The Morgan fingerprint density at radius 2 is 2.18 bits per heavy atom. The summed E-state index contributed by atoms with van der Waals surface area (Å²) < 4.78 is 0. The van der Waals surface area contributed by atoms with Crippen molar-refractivity contribution in [3.8, 4) is 0 Å². The molecule has 1 fully saturated rings. The van der Waals surface area contributed by atoms with E-state index in [9.17, 15) is 4.79 Å². The largest absolute Gasteiger partial charge is 0.399 e. The van der Waals surface area contributed by atoms with Crippen molar-refractivity contribution in [2.24, 2.45) is 5.92 Å². The molecule has 1 saturated carbocycles. The minimum Gasteiger partial charge on any atom is -0.399 e. The smallest absolute Gasteiger partial charge is 0.253 e. The van der Waals surface area contributed by atoms with E-state index in [2.05, 4.69) is 0 Å². The molecule has 0 atom stereocenters. The lowest BCUT2D eigenvalue weighted by atomic mass is 10.1. The molecular weight excluding hydrogens is 236 g/mol. The molecule has 1 aromatic rings. The van der Waals surface area contributed by atoms with Crippen LogP contribution < -0.4 is 5.73 Å². The SMILES string of the molecule is CN(CCC1CC1)C(=O)c1cccc(N)c1.Cl. The van der Waals surface area contributed by atoms with Crippen LogP contribution in [-0.2, 0) is 0 Å². The van der Waals surface area contributed by atoms with Crippen molar-refractivity contribution in [3.63, 3.8) is 0 Å². The zero-order chi connectivity index (χ0) is 11.5. The maximum Gasteiger partial charge on any atom is 0.253 e. The van der Waals surface area contributed by atoms with Crippen molar-refractivity contribution < 1.29 is 4.79 Å². The molecule has 0 aliphatic heterocycles. The third-order valence-electron chi connectivity index (χ3n) is 3.05. The summed E-state index contributed by atoms with van der Waals surface area (Å²) in [6, 6.07) is 7.15. The number of nitrogens with zero attached hydrogens (tertiary/aromatic N) is 1. The molecule has 0 unspecified atom stereocenters. The third-order valence-corrected chi connectivity index (χ3v) is 3.05. The minimum absolute atomic E-state index is 0. The average Bonchev–Trinajstić information content (AvgIpc) is 3.08. The van der Waals surface area contributed by atoms with Gasteiger partial charge in [-0.2, -0.15) is 0 Å². The van der Waals surface area contributed by atoms with Gasteiger partial charge in [-0.3, -0.25) is 4.79 Å². The Labute approximate surface area is 108 Å². The summed E-state index contributed by atoms with van der Waals surface area (Å²) in [5.41, 5.74) is 6.98. The number of carbonyl (C=O) groups is 1. The zero-order valence-corrected chi connectivity index (χ0v) is 10.9. The number of rotatable bonds is 4. The van der Waals surface area contributed by atoms with Gasteiger partial charge >= 0.3 is 0 Å². The lowest BCUT2D eigenvalue weighted by Crippen LogP contribution is -2.28. The van der Waals surface area contributed by atoms with E-state index in [0.717, 1.165) is 18.9 Å². The number of amides is 1. The van der Waals surface area contributed by atoms with Crippen molar-refractivity contribution in [1.29, 1.82) is 0 Å². The molecule has 0 saturated heterocycles. The van der Waals surface area contributed by atoms with Crippen molar-refractivity contribution in [1.82, 2.24) is 4.90 Å². The monoisotopic (exact) mass is 254 g/mol. The van der Waals surface area contributed by atoms with E-state index in [0.29, 0.717) is 11.3 Å². The fourth-order valence-electron chi connectivity index (χ4n) is 1.78. The maximum atomic E-state index is 12.0. The second-order valence-electron chi connectivity index (χ2n) is 4.58. The number of hydrogen-bond donors (Lipinski definition) is 1. The van der Waals surface area contributed by atoms with Crippen molar-refractivity contribution >= 4 is 24.0 Å². The Balaban J connectivity index is 0.00000144. The molecule has 3 nitrogen and oxygen atoms in total. The fourth-order valence-corrected chi connectivity index (χ4v) is 1.78. The Morgan fingerprint density at radius 1 is 1.47 bits per heavy atom. The lowest BCUT2D eigenvalue weighted by Gasteiger charge is -2.17. The van der Waals surface area contributed by atoms with Crippen LogP contribution in [0.1, 0.15) is 29.6 Å². The summed E-state index contributed by atoms with van der Waals surface area (Å²) in [4.78, 5) is 13.8. The predicted octanol–water partition coefficient (Wildman–Crippen LogP) is 2.56. The Morgan fingerprint density at radius 3 is 2.76 bits per heavy atom. The van der Waals surface area contributed by atoms with E-state index in [1.807, 2.05) is 19.2 Å². The molecule has 1 amide bonds. The minimum atomic E-state index is 0. The first-order valence-corrected chi connectivity index (χ1v) is 5.78. The van der Waals surface area contributed by atoms with Gasteiger partial charge in [0, 0.05) is 24.8 Å². The number of carbonyl (C=O) groups excluding carboxylic acids is 1. The normalized spacial score (nSPS) is 13.9. The summed E-state index contributed by atoms with van der Waals surface area (Å²) in [6.45, 7) is 0.846. The zero-order valence-electron chi connectivity index (χ0n) is 10.1. The van der Waals surface area contributed by atoms with Gasteiger partial charge in [0.25, 0.3) is 5.91 Å². The topological polar surface area (TPSA) is 46.3 Å².